The van der Waals surface area contributed by atoms with Crippen LogP contribution in [0.5, 0.6) is 0 Å². The van der Waals surface area contributed by atoms with E-state index in [4.69, 9.17) is 0 Å². The van der Waals surface area contributed by atoms with Gasteiger partial charge in [0.15, 0.2) is 5.65 Å². The second-order valence-corrected chi connectivity index (χ2v) is 7.95. The molecule has 2 N–H and O–H groups in total. The molecular formula is C25H24N6O2. The SMILES string of the molecule is Cc1nc2c(cnn2-c2ccccc2)c(=O)n1CCC(=O)NCCc1c[nH]c2ccccc12. The zero-order valence-corrected chi connectivity index (χ0v) is 18.3. The molecule has 0 saturated carbocycles. The van der Waals surface area contributed by atoms with E-state index in [9.17, 15) is 9.59 Å². The maximum absolute atomic E-state index is 13.0. The van der Waals surface area contributed by atoms with Gasteiger partial charge in [-0.05, 0) is 37.1 Å². The molecule has 0 aliphatic carbocycles. The van der Waals surface area contributed by atoms with E-state index in [1.165, 1.54) is 17.1 Å². The summed E-state index contributed by atoms with van der Waals surface area (Å²) in [6.07, 6.45) is 4.46. The Kier molecular flexibility index (Phi) is 5.48. The molecule has 1 amide bonds. The average Bonchev–Trinajstić information content (AvgIpc) is 3.44. The quantitative estimate of drug-likeness (QED) is 0.406. The zero-order chi connectivity index (χ0) is 22.8. The molecule has 2 aromatic carbocycles. The van der Waals surface area contributed by atoms with Gasteiger partial charge in [-0.1, -0.05) is 36.4 Å². The molecule has 0 unspecified atom stereocenters. The highest BCUT2D eigenvalue weighted by Gasteiger charge is 2.15. The number of hydrogen-bond acceptors (Lipinski definition) is 4. The molecule has 33 heavy (non-hydrogen) atoms. The number of nitrogens with one attached hydrogen (secondary N) is 2. The van der Waals surface area contributed by atoms with E-state index in [1.807, 2.05) is 54.7 Å². The van der Waals surface area contributed by atoms with Crippen molar-refractivity contribution in [1.29, 1.82) is 0 Å². The molecule has 0 atom stereocenters. The first kappa shape index (κ1) is 20.7. The molecule has 0 radical (unpaired) electrons. The third-order valence-electron chi connectivity index (χ3n) is 5.83. The van der Waals surface area contributed by atoms with Crippen LogP contribution in [-0.4, -0.2) is 36.8 Å². The van der Waals surface area contributed by atoms with Crippen molar-refractivity contribution in [2.45, 2.75) is 26.3 Å². The van der Waals surface area contributed by atoms with Gasteiger partial charge in [0, 0.05) is 36.6 Å². The van der Waals surface area contributed by atoms with Crippen LogP contribution in [0.2, 0.25) is 0 Å². The summed E-state index contributed by atoms with van der Waals surface area (Å²) >= 11 is 0. The predicted molar refractivity (Wildman–Crippen MR) is 127 cm³/mol. The molecule has 0 bridgehead atoms. The Morgan fingerprint density at radius 3 is 2.70 bits per heavy atom. The largest absolute Gasteiger partial charge is 0.361 e. The first-order valence-corrected chi connectivity index (χ1v) is 10.9. The molecule has 8 nitrogen and oxygen atoms in total. The van der Waals surface area contributed by atoms with E-state index >= 15 is 0 Å². The summed E-state index contributed by atoms with van der Waals surface area (Å²) in [6, 6.07) is 17.7. The summed E-state index contributed by atoms with van der Waals surface area (Å²) in [7, 11) is 0. The van der Waals surface area contributed by atoms with Crippen LogP contribution in [0.3, 0.4) is 0 Å². The third kappa shape index (κ3) is 4.03. The Morgan fingerprint density at radius 1 is 1.06 bits per heavy atom. The molecule has 3 aromatic heterocycles. The van der Waals surface area contributed by atoms with Gasteiger partial charge in [0.05, 0.1) is 11.9 Å². The van der Waals surface area contributed by atoms with E-state index in [2.05, 4.69) is 26.4 Å². The van der Waals surface area contributed by atoms with E-state index in [-0.39, 0.29) is 24.4 Å². The van der Waals surface area contributed by atoms with Crippen LogP contribution in [0.15, 0.2) is 71.8 Å². The second kappa shape index (κ2) is 8.74. The molecule has 5 aromatic rings. The summed E-state index contributed by atoms with van der Waals surface area (Å²) in [5, 5.41) is 8.91. The minimum absolute atomic E-state index is 0.0961. The fraction of sp³-hybridized carbons (Fsp3) is 0.200. The molecule has 166 valence electrons. The van der Waals surface area contributed by atoms with Gasteiger partial charge in [0.1, 0.15) is 11.2 Å². The number of aromatic nitrogens is 5. The summed E-state index contributed by atoms with van der Waals surface area (Å²) < 4.78 is 3.20. The lowest BCUT2D eigenvalue weighted by Crippen LogP contribution is -2.30. The van der Waals surface area contributed by atoms with Crippen LogP contribution in [0, 0.1) is 6.92 Å². The predicted octanol–water partition coefficient (Wildman–Crippen LogP) is 3.12. The fourth-order valence-corrected chi connectivity index (χ4v) is 4.10. The lowest BCUT2D eigenvalue weighted by atomic mass is 10.1. The monoisotopic (exact) mass is 440 g/mol. The van der Waals surface area contributed by atoms with Gasteiger partial charge < -0.3 is 10.3 Å². The molecular weight excluding hydrogens is 416 g/mol. The van der Waals surface area contributed by atoms with Gasteiger partial charge in [-0.25, -0.2) is 9.67 Å². The summed E-state index contributed by atoms with van der Waals surface area (Å²) in [6.45, 7) is 2.58. The first-order valence-electron chi connectivity index (χ1n) is 10.9. The van der Waals surface area contributed by atoms with E-state index < -0.39 is 0 Å². The Labute approximate surface area is 189 Å². The van der Waals surface area contributed by atoms with Crippen molar-refractivity contribution >= 4 is 27.8 Å². The summed E-state index contributed by atoms with van der Waals surface area (Å²) in [4.78, 5) is 33.3. The molecule has 0 fully saturated rings. The standard InChI is InChI=1S/C25H24N6O2/c1-17-29-24-21(16-28-31(24)19-7-3-2-4-8-19)25(33)30(17)14-12-23(32)26-13-11-18-15-27-22-10-6-5-9-20(18)22/h2-10,15-16,27H,11-14H2,1H3,(H,26,32). The molecule has 5 rings (SSSR count). The molecule has 0 saturated heterocycles. The van der Waals surface area contributed by atoms with Crippen molar-refractivity contribution < 1.29 is 4.79 Å². The van der Waals surface area contributed by atoms with Crippen LogP contribution in [0.25, 0.3) is 27.6 Å². The number of carbonyl (C=O) groups excluding carboxylic acids is 1. The van der Waals surface area contributed by atoms with Crippen LogP contribution in [-0.2, 0) is 17.8 Å². The fourth-order valence-electron chi connectivity index (χ4n) is 4.10. The number of hydrogen-bond donors (Lipinski definition) is 2. The Balaban J connectivity index is 1.24. The minimum Gasteiger partial charge on any atom is -0.361 e. The van der Waals surface area contributed by atoms with Crippen molar-refractivity contribution in [3.63, 3.8) is 0 Å². The maximum Gasteiger partial charge on any atom is 0.264 e. The molecule has 3 heterocycles. The number of benzene rings is 2. The van der Waals surface area contributed by atoms with Crippen molar-refractivity contribution in [2.75, 3.05) is 6.54 Å². The van der Waals surface area contributed by atoms with Gasteiger partial charge in [0.2, 0.25) is 5.91 Å². The third-order valence-corrected chi connectivity index (χ3v) is 5.83. The lowest BCUT2D eigenvalue weighted by molar-refractivity contribution is -0.121. The van der Waals surface area contributed by atoms with E-state index in [1.54, 1.807) is 16.2 Å². The number of nitrogens with zero attached hydrogens (tertiary/aromatic N) is 4. The van der Waals surface area contributed by atoms with Gasteiger partial charge in [0.25, 0.3) is 5.56 Å². The average molecular weight is 441 g/mol. The number of amides is 1. The Morgan fingerprint density at radius 2 is 1.85 bits per heavy atom. The number of H-pyrrole nitrogens is 1. The number of para-hydroxylation sites is 2. The smallest absolute Gasteiger partial charge is 0.264 e. The summed E-state index contributed by atoms with van der Waals surface area (Å²) in [5.41, 5.74) is 3.43. The van der Waals surface area contributed by atoms with Gasteiger partial charge >= 0.3 is 0 Å². The molecule has 0 spiro atoms. The normalized spacial score (nSPS) is 11.3. The van der Waals surface area contributed by atoms with E-state index in [0.29, 0.717) is 23.4 Å². The minimum atomic E-state index is -0.189. The van der Waals surface area contributed by atoms with Gasteiger partial charge in [-0.3, -0.25) is 14.2 Å². The topological polar surface area (TPSA) is 97.6 Å². The van der Waals surface area contributed by atoms with Gasteiger partial charge in [-0.2, -0.15) is 5.10 Å². The molecule has 0 aliphatic rings. The first-order chi connectivity index (χ1) is 16.1. The van der Waals surface area contributed by atoms with Crippen LogP contribution in [0.1, 0.15) is 17.8 Å². The maximum atomic E-state index is 13.0. The van der Waals surface area contributed by atoms with Crippen molar-refractivity contribution in [3.8, 4) is 5.69 Å². The highest BCUT2D eigenvalue weighted by molar-refractivity contribution is 5.83. The van der Waals surface area contributed by atoms with Crippen molar-refractivity contribution in [1.82, 2.24) is 29.6 Å². The number of carbonyl (C=O) groups is 1. The lowest BCUT2D eigenvalue weighted by Gasteiger charge is -2.10. The Bertz CT molecular complexity index is 1500. The van der Waals surface area contributed by atoms with Crippen LogP contribution in [0.4, 0.5) is 0 Å². The zero-order valence-electron chi connectivity index (χ0n) is 18.3. The molecule has 0 aliphatic heterocycles. The number of aryl methyl sites for hydroxylation is 1. The molecule has 8 heteroatoms. The Hall–Kier alpha value is -4.20. The van der Waals surface area contributed by atoms with Crippen LogP contribution >= 0.6 is 0 Å². The second-order valence-electron chi connectivity index (χ2n) is 7.95. The van der Waals surface area contributed by atoms with Crippen molar-refractivity contribution in [2.24, 2.45) is 0 Å². The number of rotatable bonds is 7. The van der Waals surface area contributed by atoms with E-state index in [0.717, 1.165) is 17.6 Å². The van der Waals surface area contributed by atoms with Crippen molar-refractivity contribution in [3.05, 3.63) is 88.7 Å². The van der Waals surface area contributed by atoms with Crippen LogP contribution < -0.4 is 10.9 Å². The van der Waals surface area contributed by atoms with Gasteiger partial charge in [-0.15, -0.1) is 0 Å². The number of fused-ring (bicyclic) bond motifs is 2. The summed E-state index contributed by atoms with van der Waals surface area (Å²) in [5.74, 6) is 0.456. The number of aromatic amines is 1. The highest BCUT2D eigenvalue weighted by atomic mass is 16.1. The highest BCUT2D eigenvalue weighted by Crippen LogP contribution is 2.18.